The first-order valence-corrected chi connectivity index (χ1v) is 8.70. The van der Waals surface area contributed by atoms with Gasteiger partial charge in [0.15, 0.2) is 0 Å². The van der Waals surface area contributed by atoms with Crippen molar-refractivity contribution in [3.05, 3.63) is 40.1 Å². The van der Waals surface area contributed by atoms with Crippen LogP contribution in [0, 0.1) is 0 Å². The number of amides is 2. The first-order valence-electron chi connectivity index (χ1n) is 8.32. The smallest absolute Gasteiger partial charge is 0.337 e. The predicted molar refractivity (Wildman–Crippen MR) is 95.6 cm³/mol. The van der Waals surface area contributed by atoms with E-state index in [9.17, 15) is 9.59 Å². The standard InChI is InChI=1S/C18H23ClN2O4/c1-4-6-13-15(17(22)24-3)16(21-18(23)20-13)11-7-8-14(12(19)10-11)25-9-5-2/h7-8,10,16H,4-6,9H2,1-3H3,(H2,20,21,23). The van der Waals surface area contributed by atoms with E-state index in [2.05, 4.69) is 10.6 Å². The number of ether oxygens (including phenoxy) is 2. The number of methoxy groups -OCH3 is 1. The number of nitrogens with one attached hydrogen (secondary N) is 2. The summed E-state index contributed by atoms with van der Waals surface area (Å²) in [4.78, 5) is 24.3. The highest BCUT2D eigenvalue weighted by atomic mass is 35.5. The minimum Gasteiger partial charge on any atom is -0.492 e. The number of rotatable bonds is 7. The minimum atomic E-state index is -0.625. The maximum absolute atomic E-state index is 12.3. The zero-order chi connectivity index (χ0) is 18.4. The highest BCUT2D eigenvalue weighted by molar-refractivity contribution is 6.32. The van der Waals surface area contributed by atoms with Crippen molar-refractivity contribution in [2.45, 2.75) is 39.2 Å². The average Bonchev–Trinajstić information content (AvgIpc) is 2.60. The van der Waals surface area contributed by atoms with E-state index in [1.165, 1.54) is 7.11 Å². The van der Waals surface area contributed by atoms with Crippen LogP contribution in [0.2, 0.25) is 5.02 Å². The number of allylic oxidation sites excluding steroid dienone is 1. The highest BCUT2D eigenvalue weighted by Gasteiger charge is 2.33. The summed E-state index contributed by atoms with van der Waals surface area (Å²) in [6, 6.07) is 4.26. The van der Waals surface area contributed by atoms with Gasteiger partial charge < -0.3 is 20.1 Å². The van der Waals surface area contributed by atoms with Gasteiger partial charge in [-0.1, -0.05) is 37.9 Å². The molecule has 1 atom stereocenters. The lowest BCUT2D eigenvalue weighted by molar-refractivity contribution is -0.136. The molecule has 1 aromatic carbocycles. The van der Waals surface area contributed by atoms with E-state index in [1.807, 2.05) is 13.8 Å². The molecule has 0 saturated heterocycles. The average molecular weight is 367 g/mol. The zero-order valence-electron chi connectivity index (χ0n) is 14.6. The molecule has 0 radical (unpaired) electrons. The molecule has 1 unspecified atom stereocenters. The van der Waals surface area contributed by atoms with E-state index in [0.717, 1.165) is 12.8 Å². The molecule has 1 aliphatic heterocycles. The molecule has 1 aromatic rings. The third-order valence-electron chi connectivity index (χ3n) is 3.81. The second-order valence-corrected chi connectivity index (χ2v) is 6.11. The Morgan fingerprint density at radius 2 is 2.04 bits per heavy atom. The number of carbonyl (C=O) groups is 2. The number of hydrogen-bond donors (Lipinski definition) is 2. The molecule has 1 aliphatic rings. The third-order valence-corrected chi connectivity index (χ3v) is 4.11. The predicted octanol–water partition coefficient (Wildman–Crippen LogP) is 3.71. The molecule has 0 spiro atoms. The summed E-state index contributed by atoms with van der Waals surface area (Å²) in [7, 11) is 1.32. The van der Waals surface area contributed by atoms with E-state index in [-0.39, 0.29) is 6.03 Å². The van der Waals surface area contributed by atoms with Gasteiger partial charge in [-0.25, -0.2) is 9.59 Å². The molecule has 0 saturated carbocycles. The summed E-state index contributed by atoms with van der Waals surface area (Å²) in [5.41, 5.74) is 1.66. The van der Waals surface area contributed by atoms with Crippen molar-refractivity contribution < 1.29 is 19.1 Å². The van der Waals surface area contributed by atoms with Gasteiger partial charge in [0.1, 0.15) is 5.75 Å². The van der Waals surface area contributed by atoms with E-state index in [4.69, 9.17) is 21.1 Å². The quantitative estimate of drug-likeness (QED) is 0.721. The van der Waals surface area contributed by atoms with Crippen LogP contribution in [-0.4, -0.2) is 25.7 Å². The summed E-state index contributed by atoms with van der Waals surface area (Å²) in [6.45, 7) is 4.55. The SMILES string of the molecule is CCCOc1ccc(C2NC(=O)NC(CCC)=C2C(=O)OC)cc1Cl. The summed E-state index contributed by atoms with van der Waals surface area (Å²) in [5.74, 6) is 0.0910. The molecule has 7 heteroatoms. The van der Waals surface area contributed by atoms with Crippen LogP contribution in [0.1, 0.15) is 44.7 Å². The number of esters is 1. The molecule has 6 nitrogen and oxygen atoms in total. The van der Waals surface area contributed by atoms with Gasteiger partial charge in [0.25, 0.3) is 0 Å². The van der Waals surface area contributed by atoms with Gasteiger partial charge in [-0.15, -0.1) is 0 Å². The van der Waals surface area contributed by atoms with E-state index in [1.54, 1.807) is 18.2 Å². The lowest BCUT2D eigenvalue weighted by atomic mass is 9.94. The Hall–Kier alpha value is -2.21. The Bertz CT molecular complexity index is 688. The van der Waals surface area contributed by atoms with Crippen molar-refractivity contribution in [3.63, 3.8) is 0 Å². The molecular formula is C18H23ClN2O4. The molecule has 0 bridgehead atoms. The van der Waals surface area contributed by atoms with E-state index >= 15 is 0 Å². The van der Waals surface area contributed by atoms with Crippen molar-refractivity contribution >= 4 is 23.6 Å². The van der Waals surface area contributed by atoms with Crippen molar-refractivity contribution in [2.24, 2.45) is 0 Å². The molecule has 0 aliphatic carbocycles. The summed E-state index contributed by atoms with van der Waals surface area (Å²) in [6.07, 6.45) is 2.23. The Balaban J connectivity index is 2.43. The largest absolute Gasteiger partial charge is 0.492 e. The summed E-state index contributed by atoms with van der Waals surface area (Å²) >= 11 is 6.29. The fourth-order valence-corrected chi connectivity index (χ4v) is 2.94. The molecule has 0 fully saturated rings. The van der Waals surface area contributed by atoms with Crippen LogP contribution >= 0.6 is 11.6 Å². The normalized spacial score (nSPS) is 17.0. The topological polar surface area (TPSA) is 76.7 Å². The summed E-state index contributed by atoms with van der Waals surface area (Å²) in [5, 5.41) is 5.91. The van der Waals surface area contributed by atoms with Crippen LogP contribution in [0.25, 0.3) is 0 Å². The van der Waals surface area contributed by atoms with Crippen LogP contribution < -0.4 is 15.4 Å². The molecule has 2 amide bonds. The van der Waals surface area contributed by atoms with Crippen LogP contribution in [-0.2, 0) is 9.53 Å². The Morgan fingerprint density at radius 3 is 2.64 bits per heavy atom. The van der Waals surface area contributed by atoms with Crippen LogP contribution in [0.5, 0.6) is 5.75 Å². The second kappa shape index (κ2) is 8.76. The number of hydrogen-bond acceptors (Lipinski definition) is 4. The zero-order valence-corrected chi connectivity index (χ0v) is 15.4. The molecule has 136 valence electrons. The molecule has 25 heavy (non-hydrogen) atoms. The van der Waals surface area contributed by atoms with E-state index < -0.39 is 12.0 Å². The van der Waals surface area contributed by atoms with E-state index in [0.29, 0.717) is 40.6 Å². The molecular weight excluding hydrogens is 344 g/mol. The first-order chi connectivity index (χ1) is 12.0. The van der Waals surface area contributed by atoms with Crippen molar-refractivity contribution in [2.75, 3.05) is 13.7 Å². The van der Waals surface area contributed by atoms with Gasteiger partial charge >= 0.3 is 12.0 Å². The highest BCUT2D eigenvalue weighted by Crippen LogP contribution is 2.33. The van der Waals surface area contributed by atoms with Gasteiger partial charge in [-0.2, -0.15) is 0 Å². The van der Waals surface area contributed by atoms with Gasteiger partial charge in [0, 0.05) is 5.70 Å². The Morgan fingerprint density at radius 1 is 1.28 bits per heavy atom. The number of halogens is 1. The number of benzene rings is 1. The van der Waals surface area contributed by atoms with Crippen LogP contribution in [0.15, 0.2) is 29.5 Å². The fraction of sp³-hybridized carbons (Fsp3) is 0.444. The maximum atomic E-state index is 12.3. The van der Waals surface area contributed by atoms with Gasteiger partial charge in [-0.05, 0) is 30.5 Å². The molecule has 1 heterocycles. The lowest BCUT2D eigenvalue weighted by Crippen LogP contribution is -2.45. The van der Waals surface area contributed by atoms with Crippen LogP contribution in [0.4, 0.5) is 4.79 Å². The Labute approximate surface area is 152 Å². The molecule has 2 N–H and O–H groups in total. The monoisotopic (exact) mass is 366 g/mol. The molecule has 2 rings (SSSR count). The second-order valence-electron chi connectivity index (χ2n) is 5.70. The van der Waals surface area contributed by atoms with Gasteiger partial charge in [0.05, 0.1) is 30.4 Å². The third kappa shape index (κ3) is 4.45. The molecule has 0 aromatic heterocycles. The number of urea groups is 1. The van der Waals surface area contributed by atoms with Crippen molar-refractivity contribution in [1.29, 1.82) is 0 Å². The van der Waals surface area contributed by atoms with Crippen LogP contribution in [0.3, 0.4) is 0 Å². The minimum absolute atomic E-state index is 0.358. The Kier molecular flexibility index (Phi) is 6.70. The maximum Gasteiger partial charge on any atom is 0.337 e. The fourth-order valence-electron chi connectivity index (χ4n) is 2.69. The van der Waals surface area contributed by atoms with Gasteiger partial charge in [-0.3, -0.25) is 0 Å². The van der Waals surface area contributed by atoms with Gasteiger partial charge in [0.2, 0.25) is 0 Å². The van der Waals surface area contributed by atoms with Crippen molar-refractivity contribution in [1.82, 2.24) is 10.6 Å². The van der Waals surface area contributed by atoms with Crippen molar-refractivity contribution in [3.8, 4) is 5.75 Å². The first kappa shape index (κ1) is 19.1. The summed E-state index contributed by atoms with van der Waals surface area (Å²) < 4.78 is 10.5. The number of carbonyl (C=O) groups excluding carboxylic acids is 2. The lowest BCUT2D eigenvalue weighted by Gasteiger charge is -2.29.